The fraction of sp³-hybridized carbons (Fsp3) is 0.333. The summed E-state index contributed by atoms with van der Waals surface area (Å²) in [5, 5.41) is 0. The Hall–Kier alpha value is -1.05. The second-order valence-electron chi connectivity index (χ2n) is 2.94. The lowest BCUT2D eigenvalue weighted by Crippen LogP contribution is -2.08. The second-order valence-corrected chi connectivity index (χ2v) is 2.94. The molecule has 1 heterocycles. The van der Waals surface area contributed by atoms with Gasteiger partial charge in [0.25, 0.3) is 0 Å². The van der Waals surface area contributed by atoms with Gasteiger partial charge in [-0.2, -0.15) is 0 Å². The third-order valence-electron chi connectivity index (χ3n) is 2.09. The van der Waals surface area contributed by atoms with E-state index in [2.05, 4.69) is 4.98 Å². The molecular formula is C9H10FN. The van der Waals surface area contributed by atoms with Crippen molar-refractivity contribution in [3.63, 3.8) is 0 Å². The average Bonchev–Trinajstić information content (AvgIpc) is 2.34. The molecule has 1 N–H and O–H groups in total. The molecule has 0 fully saturated rings. The summed E-state index contributed by atoms with van der Waals surface area (Å²) in [5.74, 6) is 0. The summed E-state index contributed by atoms with van der Waals surface area (Å²) >= 11 is 0. The van der Waals surface area contributed by atoms with Crippen molar-refractivity contribution in [2.45, 2.75) is 19.5 Å². The number of aromatic amines is 1. The minimum Gasteiger partial charge on any atom is -0.364 e. The van der Waals surface area contributed by atoms with Crippen LogP contribution in [0.1, 0.15) is 18.2 Å². The summed E-state index contributed by atoms with van der Waals surface area (Å²) < 4.78 is 12.9. The van der Waals surface area contributed by atoms with Crippen LogP contribution in [-0.4, -0.2) is 11.2 Å². The van der Waals surface area contributed by atoms with Crippen LogP contribution in [0.25, 0.3) is 5.57 Å². The molecule has 1 aromatic rings. The van der Waals surface area contributed by atoms with E-state index in [1.54, 1.807) is 6.08 Å². The maximum atomic E-state index is 12.9. The zero-order valence-electron chi connectivity index (χ0n) is 6.39. The maximum Gasteiger partial charge on any atom is 0.124 e. The van der Waals surface area contributed by atoms with Crippen LogP contribution in [0.5, 0.6) is 0 Å². The molecule has 2 heteroatoms. The van der Waals surface area contributed by atoms with Crippen LogP contribution in [-0.2, 0) is 6.42 Å². The van der Waals surface area contributed by atoms with E-state index in [1.807, 2.05) is 19.2 Å². The molecule has 1 atom stereocenters. The first-order chi connectivity index (χ1) is 5.27. The quantitative estimate of drug-likeness (QED) is 0.585. The van der Waals surface area contributed by atoms with Crippen molar-refractivity contribution in [2.75, 3.05) is 0 Å². The van der Waals surface area contributed by atoms with Crippen molar-refractivity contribution < 1.29 is 4.39 Å². The van der Waals surface area contributed by atoms with E-state index in [-0.39, 0.29) is 0 Å². The van der Waals surface area contributed by atoms with Crippen LogP contribution in [0, 0.1) is 0 Å². The molecule has 1 unspecified atom stereocenters. The number of fused-ring (bicyclic) bond motifs is 1. The van der Waals surface area contributed by atoms with Gasteiger partial charge in [0.05, 0.1) is 0 Å². The van der Waals surface area contributed by atoms with Gasteiger partial charge in [-0.25, -0.2) is 4.39 Å². The Morgan fingerprint density at radius 1 is 1.64 bits per heavy atom. The molecule has 58 valence electrons. The molecule has 1 nitrogen and oxygen atoms in total. The maximum absolute atomic E-state index is 12.9. The minimum atomic E-state index is -0.804. The molecule has 0 spiro atoms. The van der Waals surface area contributed by atoms with Gasteiger partial charge in [0, 0.05) is 18.3 Å². The van der Waals surface area contributed by atoms with Gasteiger partial charge in [-0.1, -0.05) is 0 Å². The Kier molecular flexibility index (Phi) is 1.34. The molecule has 0 radical (unpaired) electrons. The van der Waals surface area contributed by atoms with Gasteiger partial charge in [0.1, 0.15) is 6.17 Å². The predicted molar refractivity (Wildman–Crippen MR) is 43.0 cm³/mol. The first kappa shape index (κ1) is 6.65. The van der Waals surface area contributed by atoms with Crippen LogP contribution in [0.4, 0.5) is 4.39 Å². The van der Waals surface area contributed by atoms with Crippen molar-refractivity contribution in [1.29, 1.82) is 0 Å². The van der Waals surface area contributed by atoms with Crippen molar-refractivity contribution in [3.05, 3.63) is 29.6 Å². The summed E-state index contributed by atoms with van der Waals surface area (Å²) in [6.07, 6.45) is 3.23. The lowest BCUT2D eigenvalue weighted by Gasteiger charge is -2.12. The Balaban J connectivity index is 2.50. The number of allylic oxidation sites excluding steroid dienone is 2. The zero-order valence-corrected chi connectivity index (χ0v) is 6.39. The molecular weight excluding hydrogens is 141 g/mol. The van der Waals surface area contributed by atoms with Crippen molar-refractivity contribution in [1.82, 2.24) is 4.98 Å². The number of hydrogen-bond donors (Lipinski definition) is 1. The number of aromatic nitrogens is 1. The Morgan fingerprint density at radius 3 is 3.27 bits per heavy atom. The lowest BCUT2D eigenvalue weighted by atomic mass is 9.97. The smallest absolute Gasteiger partial charge is 0.124 e. The summed E-state index contributed by atoms with van der Waals surface area (Å²) in [4.78, 5) is 3.04. The van der Waals surface area contributed by atoms with Crippen LogP contribution in [0.2, 0.25) is 0 Å². The average molecular weight is 151 g/mol. The van der Waals surface area contributed by atoms with Crippen LogP contribution in [0.3, 0.4) is 0 Å². The Morgan fingerprint density at radius 2 is 2.45 bits per heavy atom. The molecule has 1 aliphatic rings. The monoisotopic (exact) mass is 151 g/mol. The van der Waals surface area contributed by atoms with E-state index >= 15 is 0 Å². The molecule has 1 aliphatic carbocycles. The fourth-order valence-electron chi connectivity index (χ4n) is 1.56. The van der Waals surface area contributed by atoms with Crippen LogP contribution >= 0.6 is 0 Å². The SMILES string of the molecule is CC1=CC(F)Cc2[nH]ccc21. The van der Waals surface area contributed by atoms with E-state index in [0.29, 0.717) is 6.42 Å². The largest absolute Gasteiger partial charge is 0.364 e. The van der Waals surface area contributed by atoms with E-state index in [1.165, 1.54) is 5.56 Å². The molecule has 2 rings (SSSR count). The molecule has 0 bridgehead atoms. The molecule has 1 aromatic heterocycles. The first-order valence-electron chi connectivity index (χ1n) is 3.76. The van der Waals surface area contributed by atoms with Crippen molar-refractivity contribution in [2.24, 2.45) is 0 Å². The summed E-state index contributed by atoms with van der Waals surface area (Å²) in [5.41, 5.74) is 3.23. The van der Waals surface area contributed by atoms with Gasteiger partial charge in [-0.05, 0) is 30.2 Å². The van der Waals surface area contributed by atoms with E-state index in [4.69, 9.17) is 0 Å². The fourth-order valence-corrected chi connectivity index (χ4v) is 1.56. The van der Waals surface area contributed by atoms with E-state index in [9.17, 15) is 4.39 Å². The van der Waals surface area contributed by atoms with Gasteiger partial charge in [-0.15, -0.1) is 0 Å². The van der Waals surface area contributed by atoms with Gasteiger partial charge < -0.3 is 4.98 Å². The van der Waals surface area contributed by atoms with Gasteiger partial charge in [0.15, 0.2) is 0 Å². The Labute approximate surface area is 64.9 Å². The van der Waals surface area contributed by atoms with Crippen LogP contribution < -0.4 is 0 Å². The van der Waals surface area contributed by atoms with Gasteiger partial charge >= 0.3 is 0 Å². The standard InChI is InChI=1S/C9H10FN/c1-6-4-7(10)5-9-8(6)2-3-11-9/h2-4,7,11H,5H2,1H3. The molecule has 0 aromatic carbocycles. The molecule has 11 heavy (non-hydrogen) atoms. The normalized spacial score (nSPS) is 22.7. The number of hydrogen-bond acceptors (Lipinski definition) is 0. The molecule has 0 saturated carbocycles. The van der Waals surface area contributed by atoms with E-state index in [0.717, 1.165) is 11.3 Å². The number of halogens is 1. The summed E-state index contributed by atoms with van der Waals surface area (Å²) in [7, 11) is 0. The lowest BCUT2D eigenvalue weighted by molar-refractivity contribution is 0.393. The molecule has 0 amide bonds. The highest BCUT2D eigenvalue weighted by atomic mass is 19.1. The topological polar surface area (TPSA) is 15.8 Å². The van der Waals surface area contributed by atoms with E-state index < -0.39 is 6.17 Å². The third kappa shape index (κ3) is 0.985. The highest BCUT2D eigenvalue weighted by molar-refractivity contribution is 5.68. The Bertz CT molecular complexity index is 298. The number of nitrogens with one attached hydrogen (secondary N) is 1. The zero-order chi connectivity index (χ0) is 7.84. The molecule has 0 aliphatic heterocycles. The minimum absolute atomic E-state index is 0.500. The summed E-state index contributed by atoms with van der Waals surface area (Å²) in [6, 6.07) is 1.99. The molecule has 0 saturated heterocycles. The van der Waals surface area contributed by atoms with Crippen LogP contribution in [0.15, 0.2) is 18.3 Å². The van der Waals surface area contributed by atoms with Crippen molar-refractivity contribution in [3.8, 4) is 0 Å². The third-order valence-corrected chi connectivity index (χ3v) is 2.09. The highest BCUT2D eigenvalue weighted by Gasteiger charge is 2.16. The van der Waals surface area contributed by atoms with Crippen molar-refractivity contribution >= 4 is 5.57 Å². The van der Waals surface area contributed by atoms with Gasteiger partial charge in [-0.3, -0.25) is 0 Å². The highest BCUT2D eigenvalue weighted by Crippen LogP contribution is 2.25. The predicted octanol–water partition coefficient (Wildman–Crippen LogP) is 2.31. The number of H-pyrrole nitrogens is 1. The summed E-state index contributed by atoms with van der Waals surface area (Å²) in [6.45, 7) is 1.94. The van der Waals surface area contributed by atoms with Gasteiger partial charge in [0.2, 0.25) is 0 Å². The second kappa shape index (κ2) is 2.22. The number of alkyl halides is 1. The first-order valence-corrected chi connectivity index (χ1v) is 3.76. The number of rotatable bonds is 0.